The molecule has 3 saturated heterocycles. The molecule has 0 aromatic carbocycles. The fraction of sp³-hybridized carbons (Fsp3) is 1.00. The number of hydrogen-bond donors (Lipinski definition) is 13. The van der Waals surface area contributed by atoms with Gasteiger partial charge in [0.1, 0.15) is 48.8 Å². The van der Waals surface area contributed by atoms with Crippen LogP contribution in [0.4, 0.5) is 0 Å². The molecule has 0 aromatic rings. The zero-order chi connectivity index (χ0) is 37.9. The Morgan fingerprint density at radius 3 is 2.04 bits per heavy atom. The monoisotopic (exact) mass is 772 g/mol. The minimum Gasteiger partial charge on any atom is -0.394 e. The van der Waals surface area contributed by atoms with Crippen molar-refractivity contribution in [2.45, 2.75) is 142 Å². The van der Waals surface area contributed by atoms with Crippen molar-refractivity contribution in [2.75, 3.05) is 38.5 Å². The van der Waals surface area contributed by atoms with Crippen LogP contribution in [0.2, 0.25) is 0 Å². The van der Waals surface area contributed by atoms with Crippen molar-refractivity contribution >= 4 is 10.0 Å². The predicted molar refractivity (Wildman–Crippen MR) is 182 cm³/mol. The standard InChI is InChI=1S/C30H60N8O13S/c31-3-4-52(44,45)38-17-7-16(35)25(49-28-15(34)2-1-14(46-28)10-37-9-12-5-13(33)6-12)27(21(17)40)51-30-24(43)26(19(11-39)48-30)50-29-20(36)23(42)22(41)18(8-32)47-29/h12-30,37-43H,1-11,31-36H2/t12?,13?,14-,15+,16-,17+,18-,19+,20+,21-,22+,23+,24+,25+,26+,27+,28+,29+,30-/m0/s1. The topological polar surface area (TPSA) is 371 Å². The minimum absolute atomic E-state index is 0.0710. The van der Waals surface area contributed by atoms with E-state index in [1.807, 2.05) is 0 Å². The number of hydrogen-bond acceptors (Lipinski definition) is 20. The lowest BCUT2D eigenvalue weighted by Gasteiger charge is -2.46. The summed E-state index contributed by atoms with van der Waals surface area (Å²) in [6.07, 6.45) is -13.4. The molecule has 17 atom stereocenters. The summed E-state index contributed by atoms with van der Waals surface area (Å²) in [6, 6.07) is -3.68. The Morgan fingerprint density at radius 2 is 1.38 bits per heavy atom. The van der Waals surface area contributed by atoms with Gasteiger partial charge >= 0.3 is 0 Å². The Labute approximate surface area is 303 Å². The summed E-state index contributed by atoms with van der Waals surface area (Å²) in [5, 5.41) is 57.3. The van der Waals surface area contributed by atoms with E-state index >= 15 is 0 Å². The Bertz CT molecular complexity index is 1230. The van der Waals surface area contributed by atoms with Crippen LogP contribution in [0.5, 0.6) is 0 Å². The minimum atomic E-state index is -3.94. The van der Waals surface area contributed by atoms with Crippen LogP contribution in [0.25, 0.3) is 0 Å². The van der Waals surface area contributed by atoms with E-state index in [1.54, 1.807) is 0 Å². The fourth-order valence-electron chi connectivity index (χ4n) is 7.56. The summed E-state index contributed by atoms with van der Waals surface area (Å²) >= 11 is 0. The first kappa shape index (κ1) is 42.3. The smallest absolute Gasteiger partial charge is 0.213 e. The molecular weight excluding hydrogens is 712 g/mol. The fourth-order valence-corrected chi connectivity index (χ4v) is 8.68. The number of sulfonamides is 1. The van der Waals surface area contributed by atoms with Gasteiger partial charge < -0.3 is 93.7 Å². The van der Waals surface area contributed by atoms with Crippen LogP contribution in [0.1, 0.15) is 32.1 Å². The molecule has 22 heteroatoms. The number of rotatable bonds is 16. The molecule has 3 aliphatic heterocycles. The van der Waals surface area contributed by atoms with Gasteiger partial charge in [-0.2, -0.15) is 0 Å². The Hall–Kier alpha value is -0.810. The first-order chi connectivity index (χ1) is 24.7. The normalized spacial score (nSPS) is 47.3. The zero-order valence-electron chi connectivity index (χ0n) is 29.1. The van der Waals surface area contributed by atoms with Crippen molar-refractivity contribution < 1.29 is 62.4 Å². The average Bonchev–Trinajstić information content (AvgIpc) is 3.38. The highest BCUT2D eigenvalue weighted by molar-refractivity contribution is 7.89. The number of nitrogens with one attached hydrogen (secondary N) is 2. The zero-order valence-corrected chi connectivity index (χ0v) is 29.9. The maximum atomic E-state index is 12.7. The first-order valence-electron chi connectivity index (χ1n) is 18.0. The van der Waals surface area contributed by atoms with Gasteiger partial charge in [-0.05, 0) is 44.6 Å². The molecule has 2 saturated carbocycles. The molecule has 304 valence electrons. The van der Waals surface area contributed by atoms with Gasteiger partial charge in [0.05, 0.1) is 42.7 Å². The summed E-state index contributed by atoms with van der Waals surface area (Å²) in [5.41, 5.74) is 36.1. The highest BCUT2D eigenvalue weighted by Gasteiger charge is 2.54. The average molecular weight is 773 g/mol. The number of ether oxygens (including phenoxy) is 6. The largest absolute Gasteiger partial charge is 0.394 e. The number of nitrogens with two attached hydrogens (primary N) is 6. The van der Waals surface area contributed by atoms with Crippen molar-refractivity contribution in [3.05, 3.63) is 0 Å². The van der Waals surface area contributed by atoms with E-state index in [9.17, 15) is 34.0 Å². The van der Waals surface area contributed by atoms with E-state index in [-0.39, 0.29) is 31.7 Å². The quantitative estimate of drug-likeness (QED) is 0.0693. The van der Waals surface area contributed by atoms with Gasteiger partial charge in [-0.1, -0.05) is 0 Å². The predicted octanol–water partition coefficient (Wildman–Crippen LogP) is -7.55. The third-order valence-electron chi connectivity index (χ3n) is 10.6. The maximum absolute atomic E-state index is 12.7. The van der Waals surface area contributed by atoms with Crippen molar-refractivity contribution in [3.8, 4) is 0 Å². The van der Waals surface area contributed by atoms with Crippen LogP contribution in [-0.2, 0) is 38.4 Å². The molecule has 5 rings (SSSR count). The Morgan fingerprint density at radius 1 is 0.712 bits per heavy atom. The summed E-state index contributed by atoms with van der Waals surface area (Å²) in [7, 11) is -3.94. The summed E-state index contributed by atoms with van der Waals surface area (Å²) < 4.78 is 63.9. The van der Waals surface area contributed by atoms with E-state index in [4.69, 9.17) is 62.8 Å². The van der Waals surface area contributed by atoms with Crippen molar-refractivity contribution in [1.82, 2.24) is 10.0 Å². The molecule has 5 fully saturated rings. The van der Waals surface area contributed by atoms with Crippen LogP contribution >= 0.6 is 0 Å². The Balaban J connectivity index is 1.31. The highest BCUT2D eigenvalue weighted by atomic mass is 32.2. The van der Waals surface area contributed by atoms with Crippen LogP contribution < -0.4 is 44.4 Å². The second kappa shape index (κ2) is 18.4. The van der Waals surface area contributed by atoms with Crippen molar-refractivity contribution in [3.63, 3.8) is 0 Å². The SMILES string of the molecule is NCCS(=O)(=O)N[C@@H]1C[C@H](N)[C@@H](O[C@H]2O[C@H](CNCC3CC(N)C3)CC[C@H]2N)[C@H](O[C@@H]2O[C@H](CO)[C@@H](O[C@H]3O[C@@H](CN)[C@@H](O)[C@H](O)[C@H]3N)[C@H]2O)[C@H]1O. The molecular formula is C30H60N8O13S. The molecule has 19 N–H and O–H groups in total. The summed E-state index contributed by atoms with van der Waals surface area (Å²) in [5.74, 6) is 0.106. The summed E-state index contributed by atoms with van der Waals surface area (Å²) in [4.78, 5) is 0. The Kier molecular flexibility index (Phi) is 15.0. The highest BCUT2D eigenvalue weighted by Crippen LogP contribution is 2.35. The van der Waals surface area contributed by atoms with E-state index in [0.717, 1.165) is 19.4 Å². The van der Waals surface area contributed by atoms with Gasteiger partial charge in [-0.3, -0.25) is 0 Å². The molecule has 21 nitrogen and oxygen atoms in total. The van der Waals surface area contributed by atoms with Gasteiger partial charge in [0, 0.05) is 31.7 Å². The lowest BCUT2D eigenvalue weighted by Crippen LogP contribution is -2.67. The molecule has 2 aliphatic carbocycles. The lowest BCUT2D eigenvalue weighted by molar-refractivity contribution is -0.289. The summed E-state index contributed by atoms with van der Waals surface area (Å²) in [6.45, 7) is 0.337. The number of aliphatic hydroxyl groups is 5. The second-order valence-electron chi connectivity index (χ2n) is 14.7. The van der Waals surface area contributed by atoms with Crippen LogP contribution in [0.15, 0.2) is 0 Å². The van der Waals surface area contributed by atoms with Gasteiger partial charge in [-0.25, -0.2) is 13.1 Å². The molecule has 5 aliphatic rings. The van der Waals surface area contributed by atoms with Crippen molar-refractivity contribution in [2.24, 2.45) is 40.3 Å². The molecule has 3 heterocycles. The van der Waals surface area contributed by atoms with Gasteiger partial charge in [0.2, 0.25) is 10.0 Å². The number of aliphatic hydroxyl groups excluding tert-OH is 5. The van der Waals surface area contributed by atoms with E-state index in [1.165, 1.54) is 0 Å². The van der Waals surface area contributed by atoms with Crippen LogP contribution in [-0.4, -0.2) is 183 Å². The van der Waals surface area contributed by atoms with Gasteiger partial charge in [0.15, 0.2) is 18.9 Å². The molecule has 0 bridgehead atoms. The van der Waals surface area contributed by atoms with E-state index < -0.39 is 120 Å². The molecule has 0 radical (unpaired) electrons. The molecule has 0 unspecified atom stereocenters. The maximum Gasteiger partial charge on any atom is 0.213 e. The lowest BCUT2D eigenvalue weighted by atomic mass is 9.81. The van der Waals surface area contributed by atoms with E-state index in [0.29, 0.717) is 25.3 Å². The third kappa shape index (κ3) is 9.94. The second-order valence-corrected chi connectivity index (χ2v) is 16.6. The molecule has 0 spiro atoms. The molecule has 0 amide bonds. The molecule has 0 aromatic heterocycles. The van der Waals surface area contributed by atoms with E-state index in [2.05, 4.69) is 10.0 Å². The van der Waals surface area contributed by atoms with Crippen molar-refractivity contribution in [1.29, 1.82) is 0 Å². The third-order valence-corrected chi connectivity index (χ3v) is 12.1. The van der Waals surface area contributed by atoms with Crippen LogP contribution in [0, 0.1) is 5.92 Å². The molecule has 52 heavy (non-hydrogen) atoms. The van der Waals surface area contributed by atoms with Gasteiger partial charge in [0.25, 0.3) is 0 Å². The van der Waals surface area contributed by atoms with Gasteiger partial charge in [-0.15, -0.1) is 0 Å². The first-order valence-corrected chi connectivity index (χ1v) is 19.7. The van der Waals surface area contributed by atoms with Crippen LogP contribution in [0.3, 0.4) is 0 Å².